The summed E-state index contributed by atoms with van der Waals surface area (Å²) in [5.41, 5.74) is -3.63. The maximum atomic E-state index is 12.3. The number of hydrogen-bond acceptors (Lipinski definition) is 3. The van der Waals surface area contributed by atoms with E-state index in [0.29, 0.717) is 6.07 Å². The summed E-state index contributed by atoms with van der Waals surface area (Å²) < 4.78 is 24.6. The third kappa shape index (κ3) is 1.99. The predicted octanol–water partition coefficient (Wildman–Crippen LogP) is 0.882. The Labute approximate surface area is 81.6 Å². The highest BCUT2D eigenvalue weighted by atomic mass is 19.3. The third-order valence-electron chi connectivity index (χ3n) is 1.64. The molecular weight excluding hydrogens is 210 g/mol. The number of aromatic nitrogens is 1. The fourth-order valence-electron chi connectivity index (χ4n) is 1.02. The van der Waals surface area contributed by atoms with Crippen LogP contribution in [0.1, 0.15) is 28.0 Å². The van der Waals surface area contributed by atoms with Crippen molar-refractivity contribution in [3.8, 4) is 6.07 Å². The van der Waals surface area contributed by atoms with Gasteiger partial charge in [-0.25, -0.2) is 13.6 Å². The van der Waals surface area contributed by atoms with Gasteiger partial charge < -0.3 is 10.1 Å². The summed E-state index contributed by atoms with van der Waals surface area (Å²) >= 11 is 0. The third-order valence-corrected chi connectivity index (χ3v) is 1.64. The van der Waals surface area contributed by atoms with Gasteiger partial charge in [-0.1, -0.05) is 0 Å². The van der Waals surface area contributed by atoms with Crippen LogP contribution in [0.25, 0.3) is 0 Å². The fourth-order valence-corrected chi connectivity index (χ4v) is 1.02. The zero-order chi connectivity index (χ0) is 11.6. The molecule has 0 aromatic carbocycles. The highest BCUT2D eigenvalue weighted by Gasteiger charge is 2.22. The number of nitrogens with one attached hydrogen (secondary N) is 1. The summed E-state index contributed by atoms with van der Waals surface area (Å²) in [6.45, 7) is 0. The van der Waals surface area contributed by atoms with Gasteiger partial charge in [0.1, 0.15) is 11.8 Å². The molecule has 0 fully saturated rings. The Balaban J connectivity index is 3.59. The lowest BCUT2D eigenvalue weighted by Crippen LogP contribution is -2.19. The number of pyridine rings is 1. The first-order chi connectivity index (χ1) is 6.97. The minimum Gasteiger partial charge on any atom is -0.478 e. The Morgan fingerprint density at radius 2 is 2.20 bits per heavy atom. The van der Waals surface area contributed by atoms with Gasteiger partial charge >= 0.3 is 5.97 Å². The maximum absolute atomic E-state index is 12.3. The minimum absolute atomic E-state index is 0.373. The highest BCUT2D eigenvalue weighted by Crippen LogP contribution is 2.19. The van der Waals surface area contributed by atoms with E-state index in [0.717, 1.165) is 0 Å². The van der Waals surface area contributed by atoms with E-state index in [2.05, 4.69) is 0 Å². The first kappa shape index (κ1) is 10.8. The molecule has 1 rings (SSSR count). The van der Waals surface area contributed by atoms with Gasteiger partial charge in [0, 0.05) is 0 Å². The molecule has 5 nitrogen and oxygen atoms in total. The van der Waals surface area contributed by atoms with Gasteiger partial charge in [0.15, 0.2) is 0 Å². The van der Waals surface area contributed by atoms with Crippen molar-refractivity contribution >= 4 is 5.97 Å². The quantitative estimate of drug-likeness (QED) is 0.764. The number of rotatable bonds is 2. The molecule has 0 radical (unpaired) electrons. The summed E-state index contributed by atoms with van der Waals surface area (Å²) in [7, 11) is 0. The zero-order valence-electron chi connectivity index (χ0n) is 7.12. The maximum Gasteiger partial charge on any atom is 0.336 e. The first-order valence-corrected chi connectivity index (χ1v) is 3.66. The van der Waals surface area contributed by atoms with Crippen LogP contribution in [0.4, 0.5) is 8.78 Å². The number of aromatic carboxylic acids is 1. The molecule has 0 aliphatic carbocycles. The SMILES string of the molecule is N#Cc1cc(C(=O)O)c(C(F)F)c(=O)[nH]1. The Hall–Kier alpha value is -2.23. The van der Waals surface area contributed by atoms with Crippen molar-refractivity contribution in [3.05, 3.63) is 33.2 Å². The number of carboxylic acids is 1. The van der Waals surface area contributed by atoms with E-state index >= 15 is 0 Å². The number of carboxylic acid groups (broad SMARTS) is 1. The Kier molecular flexibility index (Phi) is 2.80. The summed E-state index contributed by atoms with van der Waals surface area (Å²) in [4.78, 5) is 23.4. The average molecular weight is 214 g/mol. The number of nitrogens with zero attached hydrogens (tertiary/aromatic N) is 1. The van der Waals surface area contributed by atoms with Crippen LogP contribution in [0.5, 0.6) is 0 Å². The second-order valence-corrected chi connectivity index (χ2v) is 2.56. The van der Waals surface area contributed by atoms with Crippen LogP contribution in [0.15, 0.2) is 10.9 Å². The molecule has 7 heteroatoms. The van der Waals surface area contributed by atoms with Crippen molar-refractivity contribution in [1.82, 2.24) is 4.98 Å². The predicted molar refractivity (Wildman–Crippen MR) is 43.7 cm³/mol. The molecule has 15 heavy (non-hydrogen) atoms. The van der Waals surface area contributed by atoms with Crippen LogP contribution in [-0.2, 0) is 0 Å². The molecule has 1 aromatic rings. The molecule has 0 saturated heterocycles. The lowest BCUT2D eigenvalue weighted by atomic mass is 10.1. The molecule has 0 amide bonds. The molecule has 0 aliphatic heterocycles. The number of alkyl halides is 2. The van der Waals surface area contributed by atoms with Crippen LogP contribution < -0.4 is 5.56 Å². The molecular formula is C8H4F2N2O3. The lowest BCUT2D eigenvalue weighted by Gasteiger charge is -2.03. The second-order valence-electron chi connectivity index (χ2n) is 2.56. The van der Waals surface area contributed by atoms with Crippen molar-refractivity contribution in [2.45, 2.75) is 6.43 Å². The molecule has 0 atom stereocenters. The van der Waals surface area contributed by atoms with E-state index < -0.39 is 29.1 Å². The monoisotopic (exact) mass is 214 g/mol. The van der Waals surface area contributed by atoms with E-state index in [4.69, 9.17) is 10.4 Å². The summed E-state index contributed by atoms with van der Waals surface area (Å²) in [6.07, 6.45) is -3.20. The number of hydrogen-bond donors (Lipinski definition) is 2. The number of aromatic amines is 1. The Morgan fingerprint density at radius 3 is 2.60 bits per heavy atom. The van der Waals surface area contributed by atoms with Gasteiger partial charge in [-0.05, 0) is 6.07 Å². The smallest absolute Gasteiger partial charge is 0.336 e. The average Bonchev–Trinajstić information content (AvgIpc) is 2.15. The summed E-state index contributed by atoms with van der Waals surface area (Å²) in [6, 6.07) is 2.17. The van der Waals surface area contributed by atoms with Crippen LogP contribution in [0.2, 0.25) is 0 Å². The van der Waals surface area contributed by atoms with E-state index in [1.54, 1.807) is 0 Å². The van der Waals surface area contributed by atoms with Gasteiger partial charge in [-0.2, -0.15) is 5.26 Å². The number of H-pyrrole nitrogens is 1. The van der Waals surface area contributed by atoms with Crippen molar-refractivity contribution < 1.29 is 18.7 Å². The van der Waals surface area contributed by atoms with Gasteiger partial charge in [-0.3, -0.25) is 4.79 Å². The zero-order valence-corrected chi connectivity index (χ0v) is 7.12. The van der Waals surface area contributed by atoms with Crippen LogP contribution >= 0.6 is 0 Å². The largest absolute Gasteiger partial charge is 0.478 e. The molecule has 1 aromatic heterocycles. The van der Waals surface area contributed by atoms with Crippen LogP contribution in [0, 0.1) is 11.3 Å². The molecule has 1 heterocycles. The van der Waals surface area contributed by atoms with Gasteiger partial charge in [0.2, 0.25) is 0 Å². The Morgan fingerprint density at radius 1 is 1.60 bits per heavy atom. The van der Waals surface area contributed by atoms with E-state index in [1.165, 1.54) is 6.07 Å². The first-order valence-electron chi connectivity index (χ1n) is 3.66. The van der Waals surface area contributed by atoms with Gasteiger partial charge in [0.25, 0.3) is 12.0 Å². The normalized spacial score (nSPS) is 10.0. The van der Waals surface area contributed by atoms with Crippen LogP contribution in [-0.4, -0.2) is 16.1 Å². The van der Waals surface area contributed by atoms with E-state index in [-0.39, 0.29) is 5.69 Å². The topological polar surface area (TPSA) is 93.9 Å². The minimum atomic E-state index is -3.20. The van der Waals surface area contributed by atoms with Crippen LogP contribution in [0.3, 0.4) is 0 Å². The van der Waals surface area contributed by atoms with E-state index in [9.17, 15) is 18.4 Å². The van der Waals surface area contributed by atoms with Gasteiger partial charge in [0.05, 0.1) is 11.1 Å². The van der Waals surface area contributed by atoms with E-state index in [1.807, 2.05) is 4.98 Å². The molecule has 2 N–H and O–H groups in total. The second kappa shape index (κ2) is 3.88. The Bertz CT molecular complexity index is 502. The fraction of sp³-hybridized carbons (Fsp3) is 0.125. The van der Waals surface area contributed by atoms with Crippen molar-refractivity contribution in [2.75, 3.05) is 0 Å². The van der Waals surface area contributed by atoms with Gasteiger partial charge in [-0.15, -0.1) is 0 Å². The molecule has 0 bridgehead atoms. The number of halogens is 2. The highest BCUT2D eigenvalue weighted by molar-refractivity contribution is 5.89. The summed E-state index contributed by atoms with van der Waals surface area (Å²) in [5, 5.41) is 17.0. The number of nitriles is 1. The van der Waals surface area contributed by atoms with Crippen molar-refractivity contribution in [2.24, 2.45) is 0 Å². The summed E-state index contributed by atoms with van der Waals surface area (Å²) in [5.74, 6) is -1.67. The standard InChI is InChI=1S/C8H4F2N2O3/c9-6(10)5-4(8(14)15)1-3(2-11)12-7(5)13/h1,6H,(H,12,13)(H,14,15). The molecule has 0 aliphatic rings. The molecule has 78 valence electrons. The molecule has 0 unspecified atom stereocenters. The molecule has 0 saturated carbocycles. The number of carbonyl (C=O) groups is 1. The van der Waals surface area contributed by atoms with Crippen molar-refractivity contribution in [1.29, 1.82) is 5.26 Å². The molecule has 0 spiro atoms. The lowest BCUT2D eigenvalue weighted by molar-refractivity contribution is 0.0683. The van der Waals surface area contributed by atoms with Crippen molar-refractivity contribution in [3.63, 3.8) is 0 Å².